The van der Waals surface area contributed by atoms with E-state index in [1.54, 1.807) is 50.4 Å². The fraction of sp³-hybridized carbons (Fsp3) is 0.188. The molecule has 0 fully saturated rings. The van der Waals surface area contributed by atoms with Crippen LogP contribution in [0.1, 0.15) is 11.3 Å². The molecule has 0 saturated heterocycles. The Morgan fingerprint density at radius 2 is 2.04 bits per heavy atom. The molecule has 1 heterocycles. The summed E-state index contributed by atoms with van der Waals surface area (Å²) in [6, 6.07) is 8.70. The number of amides is 1. The molecule has 0 atom stereocenters. The van der Waals surface area contributed by atoms with Gasteiger partial charge in [0.1, 0.15) is 11.5 Å². The van der Waals surface area contributed by atoms with Gasteiger partial charge in [-0.1, -0.05) is 17.3 Å². The SMILES string of the molecule is COc1ccc(/C=C/C(=O)OCC(=O)Nc2cc(C)on2)cc1. The smallest absolute Gasteiger partial charge is 0.331 e. The van der Waals surface area contributed by atoms with Crippen molar-refractivity contribution in [1.29, 1.82) is 0 Å². The number of nitrogens with zero attached hydrogens (tertiary/aromatic N) is 1. The van der Waals surface area contributed by atoms with Crippen molar-refractivity contribution >= 4 is 23.8 Å². The molecule has 1 aromatic heterocycles. The van der Waals surface area contributed by atoms with Gasteiger partial charge in [0, 0.05) is 12.1 Å². The molecule has 0 aliphatic rings. The number of benzene rings is 1. The second kappa shape index (κ2) is 7.79. The van der Waals surface area contributed by atoms with Crippen LogP contribution in [0.25, 0.3) is 6.08 Å². The normalized spacial score (nSPS) is 10.5. The van der Waals surface area contributed by atoms with Crippen molar-refractivity contribution in [1.82, 2.24) is 5.16 Å². The predicted octanol–water partition coefficient (Wildman–Crippen LogP) is 2.19. The van der Waals surface area contributed by atoms with Crippen LogP contribution in [0.4, 0.5) is 5.82 Å². The van der Waals surface area contributed by atoms with Crippen molar-refractivity contribution in [3.8, 4) is 5.75 Å². The summed E-state index contributed by atoms with van der Waals surface area (Å²) < 4.78 is 14.7. The van der Waals surface area contributed by atoms with E-state index in [2.05, 4.69) is 10.5 Å². The standard InChI is InChI=1S/C16H16N2O5/c1-11-9-14(18-23-11)17-15(19)10-22-16(20)8-5-12-3-6-13(21-2)7-4-12/h3-9H,10H2,1-2H3,(H,17,18,19)/b8-5+. The second-order valence-electron chi connectivity index (χ2n) is 4.59. The summed E-state index contributed by atoms with van der Waals surface area (Å²) in [7, 11) is 1.58. The Morgan fingerprint density at radius 1 is 1.30 bits per heavy atom. The first-order valence-electron chi connectivity index (χ1n) is 6.79. The fourth-order valence-electron chi connectivity index (χ4n) is 1.67. The van der Waals surface area contributed by atoms with Crippen molar-refractivity contribution in [2.24, 2.45) is 0 Å². The maximum atomic E-state index is 11.6. The number of anilines is 1. The number of hydrogen-bond donors (Lipinski definition) is 1. The number of nitrogens with one attached hydrogen (secondary N) is 1. The topological polar surface area (TPSA) is 90.7 Å². The molecule has 0 aliphatic heterocycles. The molecule has 7 nitrogen and oxygen atoms in total. The van der Waals surface area contributed by atoms with Crippen LogP contribution in [-0.2, 0) is 14.3 Å². The Morgan fingerprint density at radius 3 is 2.65 bits per heavy atom. The van der Waals surface area contributed by atoms with Gasteiger partial charge in [-0.2, -0.15) is 0 Å². The second-order valence-corrected chi connectivity index (χ2v) is 4.59. The van der Waals surface area contributed by atoms with E-state index < -0.39 is 18.5 Å². The highest BCUT2D eigenvalue weighted by atomic mass is 16.5. The van der Waals surface area contributed by atoms with Gasteiger partial charge in [-0.3, -0.25) is 4.79 Å². The zero-order valence-electron chi connectivity index (χ0n) is 12.7. The molecule has 0 bridgehead atoms. The lowest BCUT2D eigenvalue weighted by Gasteiger charge is -2.02. The van der Waals surface area contributed by atoms with Crippen LogP contribution in [0.5, 0.6) is 5.75 Å². The number of ether oxygens (including phenoxy) is 2. The van der Waals surface area contributed by atoms with Crippen LogP contribution >= 0.6 is 0 Å². The molecule has 1 aromatic carbocycles. The summed E-state index contributed by atoms with van der Waals surface area (Å²) >= 11 is 0. The third kappa shape index (κ3) is 5.31. The summed E-state index contributed by atoms with van der Waals surface area (Å²) in [5.41, 5.74) is 0.810. The lowest BCUT2D eigenvalue weighted by Crippen LogP contribution is -2.20. The van der Waals surface area contributed by atoms with E-state index in [9.17, 15) is 9.59 Å². The Hall–Kier alpha value is -3.09. The zero-order chi connectivity index (χ0) is 16.7. The number of carbonyl (C=O) groups is 2. The first-order valence-corrected chi connectivity index (χ1v) is 6.79. The lowest BCUT2D eigenvalue weighted by atomic mass is 10.2. The van der Waals surface area contributed by atoms with Gasteiger partial charge in [0.2, 0.25) is 0 Å². The molecule has 0 unspecified atom stereocenters. The van der Waals surface area contributed by atoms with Crippen LogP contribution in [0.3, 0.4) is 0 Å². The average Bonchev–Trinajstić information content (AvgIpc) is 2.96. The van der Waals surface area contributed by atoms with Crippen LogP contribution < -0.4 is 10.1 Å². The van der Waals surface area contributed by atoms with Crippen molar-refractivity contribution in [3.05, 3.63) is 47.7 Å². The number of hydrogen-bond acceptors (Lipinski definition) is 6. The Balaban J connectivity index is 1.77. The third-order valence-corrected chi connectivity index (χ3v) is 2.77. The molecular formula is C16H16N2O5. The molecule has 1 amide bonds. The number of carbonyl (C=O) groups excluding carboxylic acids is 2. The molecule has 0 aliphatic carbocycles. The molecule has 120 valence electrons. The van der Waals surface area contributed by atoms with E-state index in [0.717, 1.165) is 11.3 Å². The summed E-state index contributed by atoms with van der Waals surface area (Å²) in [6.07, 6.45) is 2.83. The summed E-state index contributed by atoms with van der Waals surface area (Å²) in [4.78, 5) is 23.1. The number of methoxy groups -OCH3 is 1. The molecule has 2 aromatic rings. The molecule has 23 heavy (non-hydrogen) atoms. The maximum absolute atomic E-state index is 11.6. The van der Waals surface area contributed by atoms with Gasteiger partial charge in [-0.25, -0.2) is 4.79 Å². The third-order valence-electron chi connectivity index (χ3n) is 2.77. The molecule has 7 heteroatoms. The number of aryl methyl sites for hydroxylation is 1. The van der Waals surface area contributed by atoms with Crippen LogP contribution in [0.2, 0.25) is 0 Å². The first-order chi connectivity index (χ1) is 11.1. The van der Waals surface area contributed by atoms with Crippen molar-refractivity contribution in [2.75, 3.05) is 19.0 Å². The van der Waals surface area contributed by atoms with Gasteiger partial charge in [-0.05, 0) is 30.7 Å². The van der Waals surface area contributed by atoms with Gasteiger partial charge in [-0.15, -0.1) is 0 Å². The molecule has 0 saturated carbocycles. The van der Waals surface area contributed by atoms with Crippen molar-refractivity contribution in [3.63, 3.8) is 0 Å². The highest BCUT2D eigenvalue weighted by molar-refractivity contribution is 5.94. The number of esters is 1. The molecular weight excluding hydrogens is 300 g/mol. The summed E-state index contributed by atoms with van der Waals surface area (Å²) in [5.74, 6) is 0.457. The Labute approximate surface area is 132 Å². The van der Waals surface area contributed by atoms with E-state index in [4.69, 9.17) is 14.0 Å². The van der Waals surface area contributed by atoms with Crippen molar-refractivity contribution in [2.45, 2.75) is 6.92 Å². The van der Waals surface area contributed by atoms with E-state index in [0.29, 0.717) is 5.76 Å². The fourth-order valence-corrected chi connectivity index (χ4v) is 1.67. The van der Waals surface area contributed by atoms with Crippen LogP contribution in [0, 0.1) is 6.92 Å². The summed E-state index contributed by atoms with van der Waals surface area (Å²) in [5, 5.41) is 6.05. The molecule has 0 spiro atoms. The maximum Gasteiger partial charge on any atom is 0.331 e. The average molecular weight is 316 g/mol. The minimum Gasteiger partial charge on any atom is -0.497 e. The van der Waals surface area contributed by atoms with Crippen LogP contribution in [0.15, 0.2) is 40.9 Å². The number of rotatable bonds is 6. The minimum atomic E-state index is -0.618. The number of aromatic nitrogens is 1. The van der Waals surface area contributed by atoms with E-state index in [-0.39, 0.29) is 5.82 Å². The predicted molar refractivity (Wildman–Crippen MR) is 82.9 cm³/mol. The van der Waals surface area contributed by atoms with Gasteiger partial charge < -0.3 is 19.3 Å². The zero-order valence-corrected chi connectivity index (χ0v) is 12.7. The van der Waals surface area contributed by atoms with Gasteiger partial charge >= 0.3 is 5.97 Å². The lowest BCUT2D eigenvalue weighted by molar-refractivity contribution is -0.142. The highest BCUT2D eigenvalue weighted by Crippen LogP contribution is 2.12. The van der Waals surface area contributed by atoms with Gasteiger partial charge in [0.25, 0.3) is 5.91 Å². The van der Waals surface area contributed by atoms with Crippen molar-refractivity contribution < 1.29 is 23.6 Å². The summed E-state index contributed by atoms with van der Waals surface area (Å²) in [6.45, 7) is 1.30. The largest absolute Gasteiger partial charge is 0.497 e. The Bertz CT molecular complexity index is 704. The van der Waals surface area contributed by atoms with E-state index >= 15 is 0 Å². The monoisotopic (exact) mass is 316 g/mol. The quantitative estimate of drug-likeness (QED) is 0.649. The van der Waals surface area contributed by atoms with E-state index in [1.807, 2.05) is 0 Å². The van der Waals surface area contributed by atoms with Gasteiger partial charge in [0.05, 0.1) is 7.11 Å². The van der Waals surface area contributed by atoms with E-state index in [1.165, 1.54) is 6.08 Å². The van der Waals surface area contributed by atoms with Gasteiger partial charge in [0.15, 0.2) is 12.4 Å². The molecule has 2 rings (SSSR count). The minimum absolute atomic E-state index is 0.275. The van der Waals surface area contributed by atoms with Crippen LogP contribution in [-0.4, -0.2) is 30.7 Å². The Kier molecular flexibility index (Phi) is 5.51. The highest BCUT2D eigenvalue weighted by Gasteiger charge is 2.08. The first kappa shape index (κ1) is 16.3. The molecule has 0 radical (unpaired) electrons. The molecule has 1 N–H and O–H groups in total.